The van der Waals surface area contributed by atoms with E-state index in [4.69, 9.17) is 9.15 Å². The topological polar surface area (TPSA) is 83.7 Å². The second-order valence-corrected chi connectivity index (χ2v) is 3.95. The number of rotatable bonds is 4. The van der Waals surface area contributed by atoms with Gasteiger partial charge >= 0.3 is 6.03 Å². The van der Waals surface area contributed by atoms with Crippen molar-refractivity contribution < 1.29 is 19.1 Å². The molecule has 0 bridgehead atoms. The van der Waals surface area contributed by atoms with E-state index in [-0.39, 0.29) is 18.6 Å². The fraction of sp³-hybridized carbons (Fsp3) is 0.545. The van der Waals surface area contributed by atoms with Crippen LogP contribution in [0.3, 0.4) is 0 Å². The summed E-state index contributed by atoms with van der Waals surface area (Å²) in [6.45, 7) is 1.35. The summed E-state index contributed by atoms with van der Waals surface area (Å²) in [7, 11) is 0. The number of aliphatic hydroxyl groups is 1. The van der Waals surface area contributed by atoms with Gasteiger partial charge in [0, 0.05) is 6.61 Å². The molecule has 3 N–H and O–H groups in total. The number of hydrogen-bond acceptors (Lipinski definition) is 4. The van der Waals surface area contributed by atoms with Gasteiger partial charge in [-0.15, -0.1) is 0 Å². The Kier molecular flexibility index (Phi) is 4.00. The van der Waals surface area contributed by atoms with Crippen LogP contribution in [0.25, 0.3) is 0 Å². The van der Waals surface area contributed by atoms with E-state index in [1.165, 1.54) is 6.26 Å². The molecule has 0 saturated carbocycles. The van der Waals surface area contributed by atoms with Crippen molar-refractivity contribution >= 4 is 6.03 Å². The lowest BCUT2D eigenvalue weighted by Gasteiger charge is -2.13. The monoisotopic (exact) mass is 240 g/mol. The summed E-state index contributed by atoms with van der Waals surface area (Å²) in [6.07, 6.45) is 1.48. The lowest BCUT2D eigenvalue weighted by molar-refractivity contribution is 0.147. The second kappa shape index (κ2) is 5.70. The van der Waals surface area contributed by atoms with Crippen molar-refractivity contribution in [1.29, 1.82) is 0 Å². The molecule has 94 valence electrons. The summed E-state index contributed by atoms with van der Waals surface area (Å²) in [4.78, 5) is 11.5. The highest BCUT2D eigenvalue weighted by molar-refractivity contribution is 5.74. The van der Waals surface area contributed by atoms with E-state index in [1.807, 2.05) is 0 Å². The smallest absolute Gasteiger partial charge is 0.315 e. The van der Waals surface area contributed by atoms with Crippen LogP contribution in [0.5, 0.6) is 0 Å². The van der Waals surface area contributed by atoms with Crippen molar-refractivity contribution in [2.75, 3.05) is 19.8 Å². The molecule has 1 fully saturated rings. The average molecular weight is 240 g/mol. The highest BCUT2D eigenvalue weighted by atomic mass is 16.5. The zero-order valence-electron chi connectivity index (χ0n) is 9.39. The number of ether oxygens (including phenoxy) is 1. The van der Waals surface area contributed by atoms with E-state index in [2.05, 4.69) is 10.6 Å². The van der Waals surface area contributed by atoms with Crippen LogP contribution in [-0.4, -0.2) is 36.9 Å². The maximum atomic E-state index is 11.5. The number of furan rings is 1. The van der Waals surface area contributed by atoms with Crippen molar-refractivity contribution in [1.82, 2.24) is 10.6 Å². The SMILES string of the molecule is O=C(NCC(O)c1ccco1)NC1CCOC1. The molecular weight excluding hydrogens is 224 g/mol. The molecule has 1 aliphatic heterocycles. The van der Waals surface area contributed by atoms with Gasteiger partial charge < -0.3 is 24.9 Å². The Balaban J connectivity index is 1.68. The Labute approximate surface area is 98.9 Å². The highest BCUT2D eigenvalue weighted by Gasteiger charge is 2.18. The minimum Gasteiger partial charge on any atom is -0.467 e. The average Bonchev–Trinajstić information content (AvgIpc) is 2.97. The van der Waals surface area contributed by atoms with Gasteiger partial charge in [-0.1, -0.05) is 0 Å². The van der Waals surface area contributed by atoms with Crippen LogP contribution in [-0.2, 0) is 4.74 Å². The van der Waals surface area contributed by atoms with E-state index < -0.39 is 6.10 Å². The maximum absolute atomic E-state index is 11.5. The first-order valence-corrected chi connectivity index (χ1v) is 5.59. The molecule has 2 amide bonds. The van der Waals surface area contributed by atoms with Crippen molar-refractivity contribution in [3.8, 4) is 0 Å². The van der Waals surface area contributed by atoms with Gasteiger partial charge in [0.1, 0.15) is 11.9 Å². The molecule has 1 aromatic heterocycles. The molecule has 2 unspecified atom stereocenters. The molecule has 0 aromatic carbocycles. The first-order chi connectivity index (χ1) is 8.25. The first-order valence-electron chi connectivity index (χ1n) is 5.59. The third kappa shape index (κ3) is 3.47. The molecule has 2 atom stereocenters. The predicted molar refractivity (Wildman–Crippen MR) is 59.4 cm³/mol. The van der Waals surface area contributed by atoms with Crippen LogP contribution in [0, 0.1) is 0 Å². The summed E-state index contributed by atoms with van der Waals surface area (Å²) >= 11 is 0. The predicted octanol–water partition coefficient (Wildman–Crippen LogP) is 0.401. The molecule has 1 aliphatic rings. The quantitative estimate of drug-likeness (QED) is 0.711. The summed E-state index contributed by atoms with van der Waals surface area (Å²) < 4.78 is 10.2. The van der Waals surface area contributed by atoms with Crippen molar-refractivity contribution in [3.63, 3.8) is 0 Å². The molecule has 0 spiro atoms. The lowest BCUT2D eigenvalue weighted by Crippen LogP contribution is -2.43. The van der Waals surface area contributed by atoms with Gasteiger partial charge in [0.25, 0.3) is 0 Å². The number of urea groups is 1. The molecule has 1 aromatic rings. The molecule has 1 saturated heterocycles. The Morgan fingerprint density at radius 1 is 1.65 bits per heavy atom. The largest absolute Gasteiger partial charge is 0.467 e. The van der Waals surface area contributed by atoms with Crippen LogP contribution in [0.4, 0.5) is 4.79 Å². The standard InChI is InChI=1S/C11H16N2O4/c14-9(10-2-1-4-17-10)6-12-11(15)13-8-3-5-16-7-8/h1-2,4,8-9,14H,3,5-7H2,(H2,12,13,15). The fourth-order valence-corrected chi connectivity index (χ4v) is 1.66. The van der Waals surface area contributed by atoms with Gasteiger partial charge in [0.05, 0.1) is 25.5 Å². The number of amides is 2. The maximum Gasteiger partial charge on any atom is 0.315 e. The molecule has 6 heteroatoms. The number of nitrogens with one attached hydrogen (secondary N) is 2. The third-order valence-electron chi connectivity index (χ3n) is 2.59. The Morgan fingerprint density at radius 3 is 3.18 bits per heavy atom. The first kappa shape index (κ1) is 11.9. The number of hydrogen-bond donors (Lipinski definition) is 3. The Bertz CT molecular complexity index is 346. The van der Waals surface area contributed by atoms with Crippen LogP contribution in [0.2, 0.25) is 0 Å². The van der Waals surface area contributed by atoms with E-state index in [1.54, 1.807) is 12.1 Å². The third-order valence-corrected chi connectivity index (χ3v) is 2.59. The number of aliphatic hydroxyl groups excluding tert-OH is 1. The van der Waals surface area contributed by atoms with Gasteiger partial charge in [-0.05, 0) is 18.6 Å². The van der Waals surface area contributed by atoms with Crippen LogP contribution in [0.1, 0.15) is 18.3 Å². The van der Waals surface area contributed by atoms with Crippen LogP contribution >= 0.6 is 0 Å². The summed E-state index contributed by atoms with van der Waals surface area (Å²) in [6, 6.07) is 3.12. The summed E-state index contributed by atoms with van der Waals surface area (Å²) in [5.74, 6) is 0.439. The van der Waals surface area contributed by atoms with Crippen molar-refractivity contribution in [2.45, 2.75) is 18.6 Å². The van der Waals surface area contributed by atoms with Crippen molar-refractivity contribution in [3.05, 3.63) is 24.2 Å². The molecule has 2 rings (SSSR count). The molecule has 0 aliphatic carbocycles. The lowest BCUT2D eigenvalue weighted by atomic mass is 10.2. The molecular formula is C11H16N2O4. The number of carbonyl (C=O) groups excluding carboxylic acids is 1. The Morgan fingerprint density at radius 2 is 2.53 bits per heavy atom. The Hall–Kier alpha value is -1.53. The molecule has 17 heavy (non-hydrogen) atoms. The van der Waals surface area contributed by atoms with E-state index >= 15 is 0 Å². The summed E-state index contributed by atoms with van der Waals surface area (Å²) in [5, 5.41) is 15.0. The zero-order chi connectivity index (χ0) is 12.1. The van der Waals surface area contributed by atoms with Crippen molar-refractivity contribution in [2.24, 2.45) is 0 Å². The second-order valence-electron chi connectivity index (χ2n) is 3.95. The summed E-state index contributed by atoms with van der Waals surface area (Å²) in [5.41, 5.74) is 0. The minimum absolute atomic E-state index is 0.0655. The van der Waals surface area contributed by atoms with E-state index in [9.17, 15) is 9.90 Å². The fourth-order valence-electron chi connectivity index (χ4n) is 1.66. The van der Waals surface area contributed by atoms with Gasteiger partial charge in [0.2, 0.25) is 0 Å². The highest BCUT2D eigenvalue weighted by Crippen LogP contribution is 2.11. The normalized spacial score (nSPS) is 21.1. The molecule has 0 radical (unpaired) electrons. The van der Waals surface area contributed by atoms with Gasteiger partial charge in [0.15, 0.2) is 0 Å². The number of carbonyl (C=O) groups is 1. The van der Waals surface area contributed by atoms with E-state index in [0.717, 1.165) is 6.42 Å². The van der Waals surface area contributed by atoms with Gasteiger partial charge in [-0.2, -0.15) is 0 Å². The molecule has 6 nitrogen and oxygen atoms in total. The molecule has 2 heterocycles. The van der Waals surface area contributed by atoms with E-state index in [0.29, 0.717) is 19.0 Å². The minimum atomic E-state index is -0.824. The van der Waals surface area contributed by atoms with Gasteiger partial charge in [-0.3, -0.25) is 0 Å². The zero-order valence-corrected chi connectivity index (χ0v) is 9.39. The van der Waals surface area contributed by atoms with Crippen LogP contribution < -0.4 is 10.6 Å². The van der Waals surface area contributed by atoms with Crippen LogP contribution in [0.15, 0.2) is 22.8 Å². The van der Waals surface area contributed by atoms with Gasteiger partial charge in [-0.25, -0.2) is 4.79 Å².